The van der Waals surface area contributed by atoms with Crippen LogP contribution in [0.4, 0.5) is 0 Å². The van der Waals surface area contributed by atoms with Crippen LogP contribution < -0.4 is 0 Å². The Morgan fingerprint density at radius 1 is 1.45 bits per heavy atom. The molecule has 0 nitrogen and oxygen atoms in total. The molecule has 0 aliphatic rings. The Morgan fingerprint density at radius 3 is 2.45 bits per heavy atom. The van der Waals surface area contributed by atoms with Crippen molar-refractivity contribution in [3.8, 4) is 0 Å². The van der Waals surface area contributed by atoms with Crippen LogP contribution in [-0.2, 0) is 0 Å². The summed E-state index contributed by atoms with van der Waals surface area (Å²) in [5, 5.41) is 0. The van der Waals surface area contributed by atoms with Gasteiger partial charge in [-0.05, 0) is 26.2 Å². The van der Waals surface area contributed by atoms with Gasteiger partial charge in [0.15, 0.2) is 0 Å². The molecule has 0 saturated carbocycles. The molecule has 0 radical (unpaired) electrons. The van der Waals surface area contributed by atoms with E-state index < -0.39 is 0 Å². The zero-order chi connectivity index (χ0) is 8.69. The minimum absolute atomic E-state index is 0.983. The SMILES string of the molecule is C=CCC=C(CC)CC(=C)C. The van der Waals surface area contributed by atoms with E-state index in [9.17, 15) is 0 Å². The lowest BCUT2D eigenvalue weighted by molar-refractivity contribution is 0.979. The van der Waals surface area contributed by atoms with Crippen molar-refractivity contribution in [1.82, 2.24) is 0 Å². The van der Waals surface area contributed by atoms with E-state index in [-0.39, 0.29) is 0 Å². The molecule has 0 bridgehead atoms. The van der Waals surface area contributed by atoms with Crippen molar-refractivity contribution in [2.45, 2.75) is 33.1 Å². The molecule has 0 saturated heterocycles. The lowest BCUT2D eigenvalue weighted by Crippen LogP contribution is -1.82. The molecule has 0 aliphatic heterocycles. The lowest BCUT2D eigenvalue weighted by atomic mass is 10.0. The van der Waals surface area contributed by atoms with Gasteiger partial charge in [0.2, 0.25) is 0 Å². The van der Waals surface area contributed by atoms with Crippen LogP contribution in [0.15, 0.2) is 36.5 Å². The number of rotatable bonds is 5. The Hall–Kier alpha value is -0.780. The summed E-state index contributed by atoms with van der Waals surface area (Å²) in [4.78, 5) is 0. The Kier molecular flexibility index (Phi) is 5.54. The van der Waals surface area contributed by atoms with E-state index in [0.29, 0.717) is 0 Å². The Labute approximate surface area is 70.3 Å². The summed E-state index contributed by atoms with van der Waals surface area (Å²) in [6.07, 6.45) is 7.32. The van der Waals surface area contributed by atoms with Crippen molar-refractivity contribution in [1.29, 1.82) is 0 Å². The number of hydrogen-bond donors (Lipinski definition) is 0. The first kappa shape index (κ1) is 10.2. The fourth-order valence-corrected chi connectivity index (χ4v) is 0.979. The van der Waals surface area contributed by atoms with Crippen molar-refractivity contribution in [2.75, 3.05) is 0 Å². The number of hydrogen-bond acceptors (Lipinski definition) is 0. The minimum Gasteiger partial charge on any atom is -0.103 e. The van der Waals surface area contributed by atoms with E-state index in [0.717, 1.165) is 19.3 Å². The first-order valence-electron chi connectivity index (χ1n) is 4.13. The summed E-state index contributed by atoms with van der Waals surface area (Å²) in [7, 11) is 0. The normalized spacial score (nSPS) is 11.3. The molecule has 0 aromatic rings. The largest absolute Gasteiger partial charge is 0.103 e. The first-order valence-corrected chi connectivity index (χ1v) is 4.13. The van der Waals surface area contributed by atoms with Crippen molar-refractivity contribution in [2.24, 2.45) is 0 Å². The molecule has 0 N–H and O–H groups in total. The van der Waals surface area contributed by atoms with Gasteiger partial charge in [-0.3, -0.25) is 0 Å². The quantitative estimate of drug-likeness (QED) is 0.522. The van der Waals surface area contributed by atoms with Crippen molar-refractivity contribution in [3.05, 3.63) is 36.5 Å². The molecule has 0 rings (SSSR count). The van der Waals surface area contributed by atoms with Gasteiger partial charge in [-0.1, -0.05) is 36.8 Å². The van der Waals surface area contributed by atoms with Crippen LogP contribution in [0, 0.1) is 0 Å². The van der Waals surface area contributed by atoms with E-state index in [1.54, 1.807) is 0 Å². The molecule has 0 spiro atoms. The molecule has 0 unspecified atom stereocenters. The average Bonchev–Trinajstić information content (AvgIpc) is 1.97. The number of allylic oxidation sites excluding steroid dienone is 4. The minimum atomic E-state index is 0.983. The molecule has 0 aliphatic carbocycles. The molecule has 0 aromatic carbocycles. The maximum Gasteiger partial charge on any atom is -0.0114 e. The van der Waals surface area contributed by atoms with Crippen LogP contribution in [-0.4, -0.2) is 0 Å². The average molecular weight is 150 g/mol. The lowest BCUT2D eigenvalue weighted by Gasteiger charge is -2.02. The van der Waals surface area contributed by atoms with Gasteiger partial charge < -0.3 is 0 Å². The smallest absolute Gasteiger partial charge is 0.0114 e. The van der Waals surface area contributed by atoms with Crippen molar-refractivity contribution >= 4 is 0 Å². The molecule has 0 aromatic heterocycles. The zero-order valence-corrected chi connectivity index (χ0v) is 7.69. The predicted molar refractivity (Wildman–Crippen MR) is 52.6 cm³/mol. The van der Waals surface area contributed by atoms with Crippen LogP contribution in [0.3, 0.4) is 0 Å². The van der Waals surface area contributed by atoms with Crippen molar-refractivity contribution < 1.29 is 0 Å². The molecule has 0 heteroatoms. The van der Waals surface area contributed by atoms with Gasteiger partial charge >= 0.3 is 0 Å². The third-order valence-corrected chi connectivity index (χ3v) is 1.56. The van der Waals surface area contributed by atoms with Gasteiger partial charge in [0.25, 0.3) is 0 Å². The Morgan fingerprint density at radius 2 is 2.09 bits per heavy atom. The van der Waals surface area contributed by atoms with Crippen LogP contribution in [0.1, 0.15) is 33.1 Å². The van der Waals surface area contributed by atoms with Gasteiger partial charge in [-0.2, -0.15) is 0 Å². The van der Waals surface area contributed by atoms with Crippen LogP contribution in [0.2, 0.25) is 0 Å². The van der Waals surface area contributed by atoms with Crippen LogP contribution in [0.25, 0.3) is 0 Å². The third kappa shape index (κ3) is 5.65. The molecule has 0 heterocycles. The molecule has 0 fully saturated rings. The van der Waals surface area contributed by atoms with Gasteiger partial charge in [0.1, 0.15) is 0 Å². The molecule has 0 amide bonds. The highest BCUT2D eigenvalue weighted by Gasteiger charge is 1.92. The zero-order valence-electron chi connectivity index (χ0n) is 7.69. The van der Waals surface area contributed by atoms with Crippen LogP contribution >= 0.6 is 0 Å². The van der Waals surface area contributed by atoms with Crippen LogP contribution in [0.5, 0.6) is 0 Å². The van der Waals surface area contributed by atoms with E-state index in [1.807, 2.05) is 6.08 Å². The fraction of sp³-hybridized carbons (Fsp3) is 0.455. The monoisotopic (exact) mass is 150 g/mol. The summed E-state index contributed by atoms with van der Waals surface area (Å²) in [5.41, 5.74) is 2.71. The molecule has 11 heavy (non-hydrogen) atoms. The molecular formula is C11H18. The first-order chi connectivity index (χ1) is 5.20. The molecule has 62 valence electrons. The summed E-state index contributed by atoms with van der Waals surface area (Å²) < 4.78 is 0. The van der Waals surface area contributed by atoms with Gasteiger partial charge in [-0.15, -0.1) is 6.58 Å². The second-order valence-corrected chi connectivity index (χ2v) is 2.87. The summed E-state index contributed by atoms with van der Waals surface area (Å²) >= 11 is 0. The molecular weight excluding hydrogens is 132 g/mol. The highest BCUT2D eigenvalue weighted by atomic mass is 14.0. The second-order valence-electron chi connectivity index (χ2n) is 2.87. The van der Waals surface area contributed by atoms with E-state index >= 15 is 0 Å². The third-order valence-electron chi connectivity index (χ3n) is 1.56. The van der Waals surface area contributed by atoms with Gasteiger partial charge in [0.05, 0.1) is 0 Å². The Bertz CT molecular complexity index is 161. The van der Waals surface area contributed by atoms with Gasteiger partial charge in [-0.25, -0.2) is 0 Å². The topological polar surface area (TPSA) is 0 Å². The second kappa shape index (κ2) is 5.96. The Balaban J connectivity index is 3.92. The van der Waals surface area contributed by atoms with Gasteiger partial charge in [0, 0.05) is 0 Å². The van der Waals surface area contributed by atoms with E-state index in [4.69, 9.17) is 0 Å². The molecule has 0 atom stereocenters. The highest BCUT2D eigenvalue weighted by Crippen LogP contribution is 2.12. The summed E-state index contributed by atoms with van der Waals surface area (Å²) in [5.74, 6) is 0. The maximum absolute atomic E-state index is 3.88. The predicted octanol–water partition coefficient (Wildman–Crippen LogP) is 3.87. The van der Waals surface area contributed by atoms with Crippen molar-refractivity contribution in [3.63, 3.8) is 0 Å². The maximum atomic E-state index is 3.88. The fourth-order valence-electron chi connectivity index (χ4n) is 0.979. The standard InChI is InChI=1S/C11H18/c1-5-7-8-11(6-2)9-10(3)4/h5,8H,1,3,6-7,9H2,2,4H3. The van der Waals surface area contributed by atoms with E-state index in [1.165, 1.54) is 11.1 Å². The van der Waals surface area contributed by atoms with E-state index in [2.05, 4.69) is 33.1 Å². The highest BCUT2D eigenvalue weighted by molar-refractivity contribution is 5.11. The summed E-state index contributed by atoms with van der Waals surface area (Å²) in [6.45, 7) is 11.8. The summed E-state index contributed by atoms with van der Waals surface area (Å²) in [6, 6.07) is 0.